The second-order valence-electron chi connectivity index (χ2n) is 6.69. The molecule has 1 aliphatic rings. The van der Waals surface area contributed by atoms with Crippen molar-refractivity contribution in [3.05, 3.63) is 59.7 Å². The van der Waals surface area contributed by atoms with Gasteiger partial charge in [0.05, 0.1) is 5.56 Å². The summed E-state index contributed by atoms with van der Waals surface area (Å²) >= 11 is 0. The van der Waals surface area contributed by atoms with Gasteiger partial charge in [-0.15, -0.1) is 0 Å². The van der Waals surface area contributed by atoms with Gasteiger partial charge in [0.15, 0.2) is 6.61 Å². The van der Waals surface area contributed by atoms with Crippen LogP contribution in [0.25, 0.3) is 0 Å². The van der Waals surface area contributed by atoms with Gasteiger partial charge in [-0.05, 0) is 49.1 Å². The number of hydrogen-bond donors (Lipinski definition) is 3. The Morgan fingerprint density at radius 1 is 1.07 bits per heavy atom. The van der Waals surface area contributed by atoms with Gasteiger partial charge in [-0.1, -0.05) is 18.2 Å². The largest absolute Gasteiger partial charge is 0.484 e. The molecule has 2 amide bonds. The number of rotatable bonds is 9. The summed E-state index contributed by atoms with van der Waals surface area (Å²) in [5, 5.41) is 14.6. The summed E-state index contributed by atoms with van der Waals surface area (Å²) in [6.07, 6.45) is 2.39. The van der Waals surface area contributed by atoms with E-state index in [4.69, 9.17) is 9.84 Å². The van der Waals surface area contributed by atoms with Crippen molar-refractivity contribution in [2.75, 3.05) is 18.5 Å². The SMILES string of the molecule is O=C(COc1cccc(NC(=O)C2CC2)c1)NCCc1cccc(C(=O)O)c1. The predicted octanol–water partition coefficient (Wildman–Crippen LogP) is 2.47. The summed E-state index contributed by atoms with van der Waals surface area (Å²) in [7, 11) is 0. The van der Waals surface area contributed by atoms with E-state index < -0.39 is 5.97 Å². The van der Waals surface area contributed by atoms with Crippen LogP contribution < -0.4 is 15.4 Å². The molecule has 1 aliphatic carbocycles. The molecule has 0 saturated heterocycles. The number of aromatic carboxylic acids is 1. The molecule has 0 bridgehead atoms. The molecule has 3 N–H and O–H groups in total. The monoisotopic (exact) mass is 382 g/mol. The molecule has 0 unspecified atom stereocenters. The Labute approximate surface area is 162 Å². The first-order valence-corrected chi connectivity index (χ1v) is 9.14. The van der Waals surface area contributed by atoms with Gasteiger partial charge in [-0.2, -0.15) is 0 Å². The number of carbonyl (C=O) groups excluding carboxylic acids is 2. The second kappa shape index (κ2) is 9.03. The van der Waals surface area contributed by atoms with Crippen LogP contribution in [0.3, 0.4) is 0 Å². The number of hydrogen-bond acceptors (Lipinski definition) is 4. The number of ether oxygens (including phenoxy) is 1. The van der Waals surface area contributed by atoms with Crippen molar-refractivity contribution in [2.24, 2.45) is 5.92 Å². The maximum absolute atomic E-state index is 11.9. The zero-order valence-electron chi connectivity index (χ0n) is 15.3. The Morgan fingerprint density at radius 2 is 1.86 bits per heavy atom. The van der Waals surface area contributed by atoms with Crippen LogP contribution >= 0.6 is 0 Å². The van der Waals surface area contributed by atoms with Crippen LogP contribution in [0.5, 0.6) is 5.75 Å². The van der Waals surface area contributed by atoms with Crippen LogP contribution in [0.1, 0.15) is 28.8 Å². The first-order valence-electron chi connectivity index (χ1n) is 9.14. The molecule has 2 aromatic carbocycles. The first-order chi connectivity index (χ1) is 13.5. The highest BCUT2D eigenvalue weighted by Gasteiger charge is 2.29. The molecular formula is C21H22N2O5. The smallest absolute Gasteiger partial charge is 0.335 e. The van der Waals surface area contributed by atoms with Crippen LogP contribution in [0.15, 0.2) is 48.5 Å². The van der Waals surface area contributed by atoms with Crippen LogP contribution in [-0.4, -0.2) is 36.0 Å². The van der Waals surface area contributed by atoms with E-state index in [2.05, 4.69) is 10.6 Å². The van der Waals surface area contributed by atoms with E-state index in [1.54, 1.807) is 36.4 Å². The van der Waals surface area contributed by atoms with Crippen LogP contribution in [0.2, 0.25) is 0 Å². The molecule has 0 atom stereocenters. The summed E-state index contributed by atoms with van der Waals surface area (Å²) in [5.74, 6) is -0.622. The number of carboxylic acid groups (broad SMARTS) is 1. The maximum Gasteiger partial charge on any atom is 0.335 e. The van der Waals surface area contributed by atoms with Gasteiger partial charge in [0, 0.05) is 24.2 Å². The van der Waals surface area contributed by atoms with E-state index >= 15 is 0 Å². The molecule has 7 nitrogen and oxygen atoms in total. The van der Waals surface area contributed by atoms with E-state index in [1.165, 1.54) is 6.07 Å². The Balaban J connectivity index is 1.41. The Hall–Kier alpha value is -3.35. The van der Waals surface area contributed by atoms with Crippen LogP contribution in [0, 0.1) is 5.92 Å². The minimum atomic E-state index is -0.977. The predicted molar refractivity (Wildman–Crippen MR) is 103 cm³/mol. The minimum Gasteiger partial charge on any atom is -0.484 e. The number of nitrogens with one attached hydrogen (secondary N) is 2. The lowest BCUT2D eigenvalue weighted by molar-refractivity contribution is -0.123. The lowest BCUT2D eigenvalue weighted by Crippen LogP contribution is -2.30. The Bertz CT molecular complexity index is 877. The van der Waals surface area contributed by atoms with E-state index in [0.717, 1.165) is 18.4 Å². The first kappa shape index (κ1) is 19.4. The molecule has 28 heavy (non-hydrogen) atoms. The van der Waals surface area contributed by atoms with Gasteiger partial charge >= 0.3 is 5.97 Å². The number of carboxylic acids is 1. The van der Waals surface area contributed by atoms with Crippen molar-refractivity contribution in [1.29, 1.82) is 0 Å². The van der Waals surface area contributed by atoms with Crippen molar-refractivity contribution in [3.8, 4) is 5.75 Å². The third-order valence-electron chi connectivity index (χ3n) is 4.33. The molecule has 0 heterocycles. The summed E-state index contributed by atoms with van der Waals surface area (Å²) in [5.41, 5.74) is 1.70. The zero-order chi connectivity index (χ0) is 19.9. The topological polar surface area (TPSA) is 105 Å². The third kappa shape index (κ3) is 5.84. The summed E-state index contributed by atoms with van der Waals surface area (Å²) in [6.45, 7) is 0.234. The highest BCUT2D eigenvalue weighted by atomic mass is 16.5. The fraction of sp³-hybridized carbons (Fsp3) is 0.286. The van der Waals surface area contributed by atoms with Crippen molar-refractivity contribution in [2.45, 2.75) is 19.3 Å². The van der Waals surface area contributed by atoms with Crippen LogP contribution in [-0.2, 0) is 16.0 Å². The zero-order valence-corrected chi connectivity index (χ0v) is 15.3. The van der Waals surface area contributed by atoms with Crippen molar-refractivity contribution >= 4 is 23.5 Å². The Kier molecular flexibility index (Phi) is 6.26. The summed E-state index contributed by atoms with van der Waals surface area (Å²) in [6, 6.07) is 13.5. The number of benzene rings is 2. The highest BCUT2D eigenvalue weighted by molar-refractivity contribution is 5.94. The molecule has 146 valence electrons. The molecule has 1 saturated carbocycles. The lowest BCUT2D eigenvalue weighted by atomic mass is 10.1. The number of anilines is 1. The van der Waals surface area contributed by atoms with Crippen molar-refractivity contribution in [1.82, 2.24) is 5.32 Å². The van der Waals surface area contributed by atoms with Gasteiger partial charge in [-0.25, -0.2) is 4.79 Å². The molecule has 1 fully saturated rings. The van der Waals surface area contributed by atoms with Gasteiger partial charge < -0.3 is 20.5 Å². The number of carbonyl (C=O) groups is 3. The summed E-state index contributed by atoms with van der Waals surface area (Å²) in [4.78, 5) is 34.7. The maximum atomic E-state index is 11.9. The van der Waals surface area contributed by atoms with Gasteiger partial charge in [-0.3, -0.25) is 9.59 Å². The van der Waals surface area contributed by atoms with Crippen LogP contribution in [0.4, 0.5) is 5.69 Å². The van der Waals surface area contributed by atoms with Gasteiger partial charge in [0.25, 0.3) is 5.91 Å². The third-order valence-corrected chi connectivity index (χ3v) is 4.33. The quantitative estimate of drug-likeness (QED) is 0.618. The second-order valence-corrected chi connectivity index (χ2v) is 6.69. The van der Waals surface area contributed by atoms with Gasteiger partial charge in [0.2, 0.25) is 5.91 Å². The standard InChI is InChI=1S/C21H22N2O5/c24-19(22-10-9-14-3-1-4-16(11-14)21(26)27)13-28-18-6-2-5-17(12-18)23-20(25)15-7-8-15/h1-6,11-12,15H,7-10,13H2,(H,22,24)(H,23,25)(H,26,27). The molecular weight excluding hydrogens is 360 g/mol. The van der Waals surface area contributed by atoms with Gasteiger partial charge in [0.1, 0.15) is 5.75 Å². The molecule has 0 aromatic heterocycles. The number of amides is 2. The van der Waals surface area contributed by atoms with Crippen molar-refractivity contribution in [3.63, 3.8) is 0 Å². The molecule has 0 aliphatic heterocycles. The highest BCUT2D eigenvalue weighted by Crippen LogP contribution is 2.30. The molecule has 0 radical (unpaired) electrons. The fourth-order valence-corrected chi connectivity index (χ4v) is 2.66. The fourth-order valence-electron chi connectivity index (χ4n) is 2.66. The molecule has 7 heteroatoms. The lowest BCUT2D eigenvalue weighted by Gasteiger charge is -2.10. The minimum absolute atomic E-state index is 0.0156. The molecule has 0 spiro atoms. The van der Waals surface area contributed by atoms with Crippen molar-refractivity contribution < 1.29 is 24.2 Å². The normalized spacial score (nSPS) is 12.9. The van der Waals surface area contributed by atoms with E-state index in [-0.39, 0.29) is 29.9 Å². The van der Waals surface area contributed by atoms with E-state index in [9.17, 15) is 14.4 Å². The molecule has 3 rings (SSSR count). The average Bonchev–Trinajstić information content (AvgIpc) is 3.52. The average molecular weight is 382 g/mol. The van der Waals surface area contributed by atoms with E-state index in [0.29, 0.717) is 24.4 Å². The van der Waals surface area contributed by atoms with E-state index in [1.807, 2.05) is 6.07 Å². The summed E-state index contributed by atoms with van der Waals surface area (Å²) < 4.78 is 5.48. The Morgan fingerprint density at radius 3 is 2.61 bits per heavy atom. The molecule has 2 aromatic rings.